The van der Waals surface area contributed by atoms with E-state index < -0.39 is 10.7 Å². The van der Waals surface area contributed by atoms with Gasteiger partial charge in [0.15, 0.2) is 5.78 Å². The minimum absolute atomic E-state index is 0.00120. The van der Waals surface area contributed by atoms with Crippen molar-refractivity contribution in [3.05, 3.63) is 74.8 Å². The van der Waals surface area contributed by atoms with Gasteiger partial charge in [-0.15, -0.1) is 0 Å². The molecule has 0 heterocycles. The Kier molecular flexibility index (Phi) is 3.39. The summed E-state index contributed by atoms with van der Waals surface area (Å²) in [6.07, 6.45) is 0. The van der Waals surface area contributed by atoms with Crippen LogP contribution in [0.25, 0.3) is 0 Å². The van der Waals surface area contributed by atoms with Crippen molar-refractivity contribution in [3.8, 4) is 0 Å². The minimum atomic E-state index is -0.591. The molecule has 0 saturated heterocycles. The second-order valence-electron chi connectivity index (χ2n) is 3.61. The fourth-order valence-corrected chi connectivity index (χ4v) is 1.77. The number of carbonyl (C=O) groups excluding carboxylic acids is 1. The number of carbonyl (C=O) groups is 1. The number of halogens is 1. The van der Waals surface area contributed by atoms with Crippen LogP contribution in [0.1, 0.15) is 15.9 Å². The second kappa shape index (κ2) is 4.98. The fourth-order valence-electron chi connectivity index (χ4n) is 1.59. The highest BCUT2D eigenvalue weighted by molar-refractivity contribution is 6.31. The Labute approximate surface area is 108 Å². The Morgan fingerprint density at radius 2 is 1.78 bits per heavy atom. The topological polar surface area (TPSA) is 60.2 Å². The number of nitro groups is 1. The molecule has 0 bridgehead atoms. The number of ketones is 1. The predicted octanol–water partition coefficient (Wildman–Crippen LogP) is 3.48. The number of hydrogen-bond donors (Lipinski definition) is 0. The molecule has 0 amide bonds. The van der Waals surface area contributed by atoms with Crippen LogP contribution < -0.4 is 0 Å². The summed E-state index contributed by atoms with van der Waals surface area (Å²) in [5, 5.41) is 11.2. The lowest BCUT2D eigenvalue weighted by Crippen LogP contribution is -2.05. The number of nitrogens with zero attached hydrogens (tertiary/aromatic N) is 1. The molecule has 2 rings (SSSR count). The first-order valence-corrected chi connectivity index (χ1v) is 5.51. The summed E-state index contributed by atoms with van der Waals surface area (Å²) in [4.78, 5) is 22.4. The molecule has 0 atom stereocenters. The van der Waals surface area contributed by atoms with Crippen molar-refractivity contribution in [1.82, 2.24) is 0 Å². The van der Waals surface area contributed by atoms with E-state index in [1.165, 1.54) is 18.2 Å². The van der Waals surface area contributed by atoms with Gasteiger partial charge in [0.05, 0.1) is 4.92 Å². The molecule has 0 aliphatic carbocycles. The second-order valence-corrected chi connectivity index (χ2v) is 4.05. The molecule has 0 saturated carbocycles. The Bertz CT molecular complexity index is 611. The van der Waals surface area contributed by atoms with Gasteiger partial charge < -0.3 is 0 Å². The molecule has 4 nitrogen and oxygen atoms in total. The maximum atomic E-state index is 12.2. The molecule has 0 fully saturated rings. The van der Waals surface area contributed by atoms with Crippen LogP contribution in [-0.4, -0.2) is 10.7 Å². The lowest BCUT2D eigenvalue weighted by Gasteiger charge is -2.03. The Morgan fingerprint density at radius 1 is 1.11 bits per heavy atom. The van der Waals surface area contributed by atoms with Crippen molar-refractivity contribution < 1.29 is 9.72 Å². The van der Waals surface area contributed by atoms with E-state index in [0.717, 1.165) is 0 Å². The molecule has 0 spiro atoms. The van der Waals surface area contributed by atoms with Crippen LogP contribution in [0, 0.1) is 10.1 Å². The molecule has 0 N–H and O–H groups in total. The average molecular weight is 262 g/mol. The monoisotopic (exact) mass is 261 g/mol. The first-order chi connectivity index (χ1) is 8.59. The van der Waals surface area contributed by atoms with Gasteiger partial charge in [-0.2, -0.15) is 0 Å². The zero-order valence-corrected chi connectivity index (χ0v) is 9.92. The highest BCUT2D eigenvalue weighted by Gasteiger charge is 2.21. The van der Waals surface area contributed by atoms with Crippen LogP contribution in [0.2, 0.25) is 5.02 Å². The lowest BCUT2D eigenvalue weighted by molar-refractivity contribution is -0.385. The van der Waals surface area contributed by atoms with Crippen molar-refractivity contribution in [2.75, 3.05) is 0 Å². The Hall–Kier alpha value is -2.20. The number of rotatable bonds is 3. The van der Waals surface area contributed by atoms with E-state index in [-0.39, 0.29) is 11.3 Å². The zero-order valence-electron chi connectivity index (χ0n) is 9.17. The fraction of sp³-hybridized carbons (Fsp3) is 0. The smallest absolute Gasteiger partial charge is 0.280 e. The van der Waals surface area contributed by atoms with Crippen molar-refractivity contribution in [3.63, 3.8) is 0 Å². The van der Waals surface area contributed by atoms with Crippen LogP contribution in [0.15, 0.2) is 48.5 Å². The van der Waals surface area contributed by atoms with E-state index in [4.69, 9.17) is 11.6 Å². The van der Waals surface area contributed by atoms with E-state index in [1.807, 2.05) is 0 Å². The van der Waals surface area contributed by atoms with Crippen molar-refractivity contribution in [2.24, 2.45) is 0 Å². The molecular weight excluding hydrogens is 254 g/mol. The quantitative estimate of drug-likeness (QED) is 0.483. The standard InChI is InChI=1S/C13H8ClNO3/c14-10-6-7-12(15(17)18)11(8-10)13(16)9-4-2-1-3-5-9/h1-8H. The molecule has 0 aromatic heterocycles. The van der Waals surface area contributed by atoms with Gasteiger partial charge in [-0.25, -0.2) is 0 Å². The van der Waals surface area contributed by atoms with Gasteiger partial charge >= 0.3 is 0 Å². The average Bonchev–Trinajstić information content (AvgIpc) is 2.38. The van der Waals surface area contributed by atoms with Crippen LogP contribution >= 0.6 is 11.6 Å². The maximum Gasteiger partial charge on any atom is 0.280 e. The molecule has 0 aliphatic rings. The van der Waals surface area contributed by atoms with Gasteiger partial charge in [0.1, 0.15) is 5.56 Å². The molecule has 2 aromatic rings. The lowest BCUT2D eigenvalue weighted by atomic mass is 10.0. The summed E-state index contributed by atoms with van der Waals surface area (Å²) in [5.41, 5.74) is 0.148. The maximum absolute atomic E-state index is 12.2. The molecular formula is C13H8ClNO3. The number of hydrogen-bond acceptors (Lipinski definition) is 3. The van der Waals surface area contributed by atoms with E-state index in [9.17, 15) is 14.9 Å². The van der Waals surface area contributed by atoms with Gasteiger partial charge in [-0.3, -0.25) is 14.9 Å². The minimum Gasteiger partial charge on any atom is -0.288 e. The first kappa shape index (κ1) is 12.3. The Balaban J connectivity index is 2.54. The van der Waals surface area contributed by atoms with Crippen LogP contribution in [0.3, 0.4) is 0 Å². The summed E-state index contributed by atoms with van der Waals surface area (Å²) in [6, 6.07) is 12.3. The largest absolute Gasteiger partial charge is 0.288 e. The van der Waals surface area contributed by atoms with Crippen LogP contribution in [-0.2, 0) is 0 Å². The highest BCUT2D eigenvalue weighted by atomic mass is 35.5. The summed E-state index contributed by atoms with van der Waals surface area (Å²) >= 11 is 5.78. The third-order valence-electron chi connectivity index (χ3n) is 2.44. The molecule has 0 aliphatic heterocycles. The van der Waals surface area contributed by atoms with Gasteiger partial charge in [0.2, 0.25) is 0 Å². The highest BCUT2D eigenvalue weighted by Crippen LogP contribution is 2.25. The van der Waals surface area contributed by atoms with E-state index >= 15 is 0 Å². The third kappa shape index (κ3) is 2.38. The van der Waals surface area contributed by atoms with Gasteiger partial charge in [0, 0.05) is 16.7 Å². The molecule has 90 valence electrons. The summed E-state index contributed by atoms with van der Waals surface area (Å²) in [5.74, 6) is -0.412. The molecule has 2 aromatic carbocycles. The summed E-state index contributed by atoms with van der Waals surface area (Å²) in [6.45, 7) is 0. The van der Waals surface area contributed by atoms with Gasteiger partial charge in [-0.05, 0) is 12.1 Å². The van der Waals surface area contributed by atoms with Gasteiger partial charge in [-0.1, -0.05) is 41.9 Å². The number of benzene rings is 2. The molecule has 0 unspecified atom stereocenters. The van der Waals surface area contributed by atoms with Crippen molar-refractivity contribution in [2.45, 2.75) is 0 Å². The van der Waals surface area contributed by atoms with E-state index in [2.05, 4.69) is 0 Å². The summed E-state index contributed by atoms with van der Waals surface area (Å²) in [7, 11) is 0. The predicted molar refractivity (Wildman–Crippen MR) is 68.0 cm³/mol. The van der Waals surface area contributed by atoms with Gasteiger partial charge in [0.25, 0.3) is 5.69 Å². The van der Waals surface area contributed by atoms with Crippen LogP contribution in [0.4, 0.5) is 5.69 Å². The first-order valence-electron chi connectivity index (χ1n) is 5.13. The molecule has 18 heavy (non-hydrogen) atoms. The normalized spacial score (nSPS) is 10.1. The van der Waals surface area contributed by atoms with E-state index in [0.29, 0.717) is 10.6 Å². The SMILES string of the molecule is O=C(c1ccccc1)c1cc(Cl)ccc1[N+](=O)[O-]. The third-order valence-corrected chi connectivity index (χ3v) is 2.67. The zero-order chi connectivity index (χ0) is 13.1. The molecule has 0 radical (unpaired) electrons. The van der Waals surface area contributed by atoms with E-state index in [1.54, 1.807) is 30.3 Å². The van der Waals surface area contributed by atoms with Crippen molar-refractivity contribution >= 4 is 23.1 Å². The molecule has 5 heteroatoms. The van der Waals surface area contributed by atoms with Crippen LogP contribution in [0.5, 0.6) is 0 Å². The van der Waals surface area contributed by atoms with Crippen molar-refractivity contribution in [1.29, 1.82) is 0 Å². The Morgan fingerprint density at radius 3 is 2.39 bits per heavy atom. The summed E-state index contributed by atoms with van der Waals surface area (Å²) < 4.78 is 0. The number of nitro benzene ring substituents is 1.